The second kappa shape index (κ2) is 22.3. The Morgan fingerprint density at radius 2 is 1.67 bits per heavy atom. The van der Waals surface area contributed by atoms with E-state index in [-0.39, 0.29) is 59.8 Å². The van der Waals surface area contributed by atoms with Crippen LogP contribution in [0.1, 0.15) is 129 Å². The van der Waals surface area contributed by atoms with Crippen LogP contribution in [0.5, 0.6) is 0 Å². The zero-order valence-electron chi connectivity index (χ0n) is 37.3. The summed E-state index contributed by atoms with van der Waals surface area (Å²) in [6.45, 7) is 33.6. The van der Waals surface area contributed by atoms with E-state index in [2.05, 4.69) is 60.7 Å². The van der Waals surface area contributed by atoms with Gasteiger partial charge in [-0.25, -0.2) is 0 Å². The van der Waals surface area contributed by atoms with E-state index in [0.29, 0.717) is 26.1 Å². The highest BCUT2D eigenvalue weighted by molar-refractivity contribution is 6.74. The van der Waals surface area contributed by atoms with Gasteiger partial charge in [0.15, 0.2) is 20.9 Å². The van der Waals surface area contributed by atoms with E-state index in [1.54, 1.807) is 0 Å². The van der Waals surface area contributed by atoms with Gasteiger partial charge < -0.3 is 37.6 Å². The molecule has 0 aromatic carbocycles. The molecule has 0 saturated carbocycles. The summed E-state index contributed by atoms with van der Waals surface area (Å²) in [5.41, 5.74) is -0.0519. The van der Waals surface area contributed by atoms with Crippen LogP contribution >= 0.6 is 0 Å². The second-order valence-corrected chi connectivity index (χ2v) is 22.2. The Kier molecular flexibility index (Phi) is 20.0. The van der Waals surface area contributed by atoms with E-state index >= 15 is 0 Å². The van der Waals surface area contributed by atoms with Gasteiger partial charge in [-0.15, -0.1) is 0 Å². The summed E-state index contributed by atoms with van der Waals surface area (Å²) in [6, 6.07) is 0. The van der Waals surface area contributed by atoms with E-state index in [9.17, 15) is 9.59 Å². The Morgan fingerprint density at radius 1 is 1.04 bits per heavy atom. The number of carbonyl (C=O) groups excluding carboxylic acids is 2. The molecule has 0 spiro atoms. The predicted octanol–water partition coefficient (Wildman–Crippen LogP) is 9.86. The summed E-state index contributed by atoms with van der Waals surface area (Å²) in [5, 5.41) is -0.0632. The Bertz CT molecular complexity index is 1270. The first-order chi connectivity index (χ1) is 25.6. The first-order valence-corrected chi connectivity index (χ1v) is 23.8. The van der Waals surface area contributed by atoms with Gasteiger partial charge in [0.1, 0.15) is 17.8 Å². The van der Waals surface area contributed by atoms with Gasteiger partial charge in [-0.3, -0.25) is 9.59 Å². The van der Waals surface area contributed by atoms with Gasteiger partial charge in [-0.1, -0.05) is 72.8 Å². The summed E-state index contributed by atoms with van der Waals surface area (Å²) in [6.07, 6.45) is 11.0. The fraction of sp³-hybridized carbons (Fsp3) is 0.818. The minimum absolute atomic E-state index is 0.0632. The first kappa shape index (κ1) is 49.3. The van der Waals surface area contributed by atoms with E-state index in [1.807, 2.05) is 72.8 Å². The summed E-state index contributed by atoms with van der Waals surface area (Å²) in [5.74, 6) is -0.407. The van der Waals surface area contributed by atoms with Crippen molar-refractivity contribution in [1.82, 2.24) is 0 Å². The van der Waals surface area contributed by atoms with Crippen LogP contribution in [0, 0.1) is 17.8 Å². The maximum atomic E-state index is 13.8. The average molecular weight is 795 g/mol. The third-order valence-electron chi connectivity index (χ3n) is 11.4. The molecule has 2 aliphatic rings. The molecule has 12 atom stereocenters. The molecule has 318 valence electrons. The zero-order valence-corrected chi connectivity index (χ0v) is 38.3. The maximum absolute atomic E-state index is 13.8. The number of hydrogen-bond donors (Lipinski definition) is 0. The van der Waals surface area contributed by atoms with Crippen molar-refractivity contribution >= 4 is 20.3 Å². The molecule has 0 amide bonds. The van der Waals surface area contributed by atoms with Gasteiger partial charge in [-0.2, -0.15) is 0 Å². The van der Waals surface area contributed by atoms with E-state index in [0.717, 1.165) is 18.4 Å². The fourth-order valence-electron chi connectivity index (χ4n) is 7.14. The van der Waals surface area contributed by atoms with Crippen LogP contribution in [0.25, 0.3) is 0 Å². The van der Waals surface area contributed by atoms with Crippen LogP contribution in [0.3, 0.4) is 0 Å². The van der Waals surface area contributed by atoms with Gasteiger partial charge in [0.05, 0.1) is 30.8 Å². The van der Waals surface area contributed by atoms with Crippen molar-refractivity contribution in [2.45, 2.75) is 202 Å². The topological polar surface area (TPSA) is 111 Å². The Hall–Kier alpha value is -1.86. The van der Waals surface area contributed by atoms with Crippen molar-refractivity contribution in [1.29, 1.82) is 0 Å². The van der Waals surface area contributed by atoms with E-state index < -0.39 is 44.5 Å². The van der Waals surface area contributed by atoms with Crippen molar-refractivity contribution in [3.05, 3.63) is 36.0 Å². The molecular formula is C44H78O10Si. The van der Waals surface area contributed by atoms with Crippen molar-refractivity contribution in [3.8, 4) is 0 Å². The highest BCUT2D eigenvalue weighted by Gasteiger charge is 2.46. The summed E-state index contributed by atoms with van der Waals surface area (Å²) in [7, 11) is -2.28. The smallest absolute Gasteiger partial charge is 0.308 e. The van der Waals surface area contributed by atoms with Crippen LogP contribution < -0.4 is 0 Å². The molecule has 1 saturated heterocycles. The molecule has 0 bridgehead atoms. The average Bonchev–Trinajstić information content (AvgIpc) is 3.84. The van der Waals surface area contributed by atoms with Gasteiger partial charge >= 0.3 is 11.9 Å². The largest absolute Gasteiger partial charge is 0.457 e. The Morgan fingerprint density at radius 3 is 2.25 bits per heavy atom. The normalized spacial score (nSPS) is 30.1. The number of carbonyl (C=O) groups is 2. The van der Waals surface area contributed by atoms with Crippen molar-refractivity contribution in [2.75, 3.05) is 13.2 Å². The molecule has 0 aromatic heterocycles. The van der Waals surface area contributed by atoms with Gasteiger partial charge in [0, 0.05) is 32.0 Å². The highest BCUT2D eigenvalue weighted by atomic mass is 28.4. The lowest BCUT2D eigenvalue weighted by atomic mass is 9.88. The second-order valence-electron chi connectivity index (χ2n) is 17.5. The standard InChI is InChI=1S/C44H78O10Si/c1-17-37(50-34(9)47-18-2)32(7)42-38(51-42)27-29(4)21-20-22-30(5)41-31(6)23-24-39(49-33(8)45)44(14,53-35(10)48-19-3)26-25-36(28-40(46)52-41)54-55(15,16)43(11,12)13/h20-24,29,31-32,34-39,41-42H,17-19,25-28H2,1-16H3. The summed E-state index contributed by atoms with van der Waals surface area (Å²) < 4.78 is 49.3. The van der Waals surface area contributed by atoms with Crippen LogP contribution in [-0.4, -0.2) is 88.3 Å². The van der Waals surface area contributed by atoms with E-state index in [1.165, 1.54) is 6.92 Å². The zero-order chi connectivity index (χ0) is 41.7. The number of esters is 2. The van der Waals surface area contributed by atoms with E-state index in [4.69, 9.17) is 37.6 Å². The SMILES string of the molecule is CCOC(C)OC(CC)C(C)C1OC1CC(C)C=CC=C(C)C1OC(=O)CC(O[Si](C)(C)C(C)(C)C)CCC(C)(OC(C)OCC)C(OC(C)=O)C=CC1C. The lowest BCUT2D eigenvalue weighted by Gasteiger charge is -2.42. The minimum atomic E-state index is -2.28. The molecule has 2 heterocycles. The molecule has 55 heavy (non-hydrogen) atoms. The molecule has 11 heteroatoms. The molecular weight excluding hydrogens is 717 g/mol. The molecule has 10 nitrogen and oxygen atoms in total. The van der Waals surface area contributed by atoms with Crippen LogP contribution in [0.15, 0.2) is 36.0 Å². The third-order valence-corrected chi connectivity index (χ3v) is 16.0. The van der Waals surface area contributed by atoms with Gasteiger partial charge in [0.2, 0.25) is 0 Å². The molecule has 0 N–H and O–H groups in total. The number of epoxide rings is 1. The molecule has 0 aliphatic carbocycles. The molecule has 0 aromatic rings. The number of cyclic esters (lactones) is 1. The van der Waals surface area contributed by atoms with Crippen LogP contribution in [0.4, 0.5) is 0 Å². The van der Waals surface area contributed by atoms with Crippen molar-refractivity contribution in [3.63, 3.8) is 0 Å². The number of allylic oxidation sites excluding steroid dienone is 3. The quantitative estimate of drug-likeness (QED) is 0.0313. The minimum Gasteiger partial charge on any atom is -0.457 e. The van der Waals surface area contributed by atoms with Crippen molar-refractivity contribution in [2.24, 2.45) is 17.8 Å². The lowest BCUT2D eigenvalue weighted by Crippen LogP contribution is -2.48. The summed E-state index contributed by atoms with van der Waals surface area (Å²) >= 11 is 0. The molecule has 0 radical (unpaired) electrons. The predicted molar refractivity (Wildman–Crippen MR) is 221 cm³/mol. The Labute approximate surface area is 335 Å². The highest BCUT2D eigenvalue weighted by Crippen LogP contribution is 2.40. The first-order valence-electron chi connectivity index (χ1n) is 20.9. The fourth-order valence-corrected chi connectivity index (χ4v) is 8.53. The van der Waals surface area contributed by atoms with Crippen molar-refractivity contribution < 1.29 is 47.2 Å². The molecule has 1 fully saturated rings. The lowest BCUT2D eigenvalue weighted by molar-refractivity contribution is -0.227. The monoisotopic (exact) mass is 795 g/mol. The molecule has 2 aliphatic heterocycles. The Balaban J connectivity index is 2.35. The summed E-state index contributed by atoms with van der Waals surface area (Å²) in [4.78, 5) is 26.3. The molecule has 2 rings (SSSR count). The number of ether oxygens (including phenoxy) is 7. The van der Waals surface area contributed by atoms with Gasteiger partial charge in [0.25, 0.3) is 0 Å². The number of hydrogen-bond acceptors (Lipinski definition) is 10. The van der Waals surface area contributed by atoms with Gasteiger partial charge in [-0.05, 0) is 103 Å². The van der Waals surface area contributed by atoms with Crippen LogP contribution in [0.2, 0.25) is 18.1 Å². The molecule has 12 unspecified atom stereocenters. The van der Waals surface area contributed by atoms with Crippen LogP contribution in [-0.2, 0) is 47.2 Å². The maximum Gasteiger partial charge on any atom is 0.308 e. The third kappa shape index (κ3) is 16.1. The number of rotatable bonds is 19.